The number of alkyl halides is 1. The van der Waals surface area contributed by atoms with E-state index in [9.17, 15) is 14.7 Å². The summed E-state index contributed by atoms with van der Waals surface area (Å²) in [4.78, 5) is 30.5. The fourth-order valence-electron chi connectivity index (χ4n) is 7.41. The standard InChI is InChI=1S/C33H40FN5O4/c1-22-30(32(2,3)34)28(15-18-37-21-24(16-19-40)35-36-37)43-33(22)26-8-4-5-9-27(26)39(31(33)42)20-23-11-13-25(14-12-23)38-17-7-6-10-29(38)41/h4-5,8-9,11-14,21-22,28,30,40H,6-7,10,15-20H2,1-3H3/t22-,28+,30-,33+/m1/s1. The van der Waals surface area contributed by atoms with Crippen LogP contribution in [0.15, 0.2) is 54.7 Å². The second-order valence-corrected chi connectivity index (χ2v) is 12.6. The van der Waals surface area contributed by atoms with Crippen molar-refractivity contribution in [2.45, 2.75) is 83.3 Å². The lowest BCUT2D eigenvalue weighted by molar-refractivity contribution is -0.146. The molecule has 0 bridgehead atoms. The average molecular weight is 590 g/mol. The molecule has 1 aromatic heterocycles. The highest BCUT2D eigenvalue weighted by atomic mass is 19.1. The van der Waals surface area contributed by atoms with Crippen molar-refractivity contribution in [3.8, 4) is 0 Å². The molecule has 10 heteroatoms. The highest BCUT2D eigenvalue weighted by Gasteiger charge is 2.66. The summed E-state index contributed by atoms with van der Waals surface area (Å²) in [5.74, 6) is -0.999. The quantitative estimate of drug-likeness (QED) is 0.393. The lowest BCUT2D eigenvalue weighted by atomic mass is 9.71. The van der Waals surface area contributed by atoms with Gasteiger partial charge in [-0.3, -0.25) is 14.3 Å². The second kappa shape index (κ2) is 11.5. The molecule has 3 aromatic rings. The van der Waals surface area contributed by atoms with Gasteiger partial charge in [-0.2, -0.15) is 0 Å². The maximum Gasteiger partial charge on any atom is 0.264 e. The van der Waals surface area contributed by atoms with E-state index in [0.29, 0.717) is 38.0 Å². The summed E-state index contributed by atoms with van der Waals surface area (Å²) in [6, 6.07) is 15.5. The van der Waals surface area contributed by atoms with Crippen LogP contribution in [0.1, 0.15) is 63.3 Å². The number of halogens is 1. The van der Waals surface area contributed by atoms with Crippen molar-refractivity contribution < 1.29 is 23.8 Å². The topological polar surface area (TPSA) is 101 Å². The lowest BCUT2D eigenvalue weighted by Crippen LogP contribution is -2.45. The predicted octanol–water partition coefficient (Wildman–Crippen LogP) is 4.56. The molecule has 4 heterocycles. The summed E-state index contributed by atoms with van der Waals surface area (Å²) in [5.41, 5.74) is 1.14. The number of para-hydroxylation sites is 1. The number of hydrogen-bond acceptors (Lipinski definition) is 6. The zero-order valence-electron chi connectivity index (χ0n) is 25.1. The third-order valence-corrected chi connectivity index (χ3v) is 9.38. The molecule has 228 valence electrons. The van der Waals surface area contributed by atoms with Gasteiger partial charge in [0.1, 0.15) is 5.67 Å². The molecule has 4 atom stereocenters. The Morgan fingerprint density at radius 3 is 2.60 bits per heavy atom. The number of fused-ring (bicyclic) bond motifs is 2. The van der Waals surface area contributed by atoms with Crippen LogP contribution >= 0.6 is 0 Å². The van der Waals surface area contributed by atoms with E-state index in [0.717, 1.165) is 41.9 Å². The number of carbonyl (C=O) groups is 2. The van der Waals surface area contributed by atoms with Gasteiger partial charge in [0.15, 0.2) is 5.60 Å². The number of rotatable bonds is 9. The number of hydrogen-bond donors (Lipinski definition) is 1. The highest BCUT2D eigenvalue weighted by Crippen LogP contribution is 2.58. The molecule has 6 rings (SSSR count). The van der Waals surface area contributed by atoms with E-state index in [1.54, 1.807) is 29.6 Å². The molecule has 2 amide bonds. The Bertz CT molecular complexity index is 1480. The molecule has 3 aliphatic heterocycles. The minimum atomic E-state index is -1.59. The largest absolute Gasteiger partial charge is 0.396 e. The first kappa shape index (κ1) is 29.4. The summed E-state index contributed by atoms with van der Waals surface area (Å²) < 4.78 is 24.4. The van der Waals surface area contributed by atoms with Crippen LogP contribution in [0.5, 0.6) is 0 Å². The molecule has 2 fully saturated rings. The SMILES string of the molecule is C[C@@H]1[C@@H](C(C)(C)F)[C@H](CCn2cc(CCO)nn2)O[C@@]12C(=O)N(Cc1ccc(N3CCCCC3=O)cc1)c1ccccc12. The summed E-state index contributed by atoms with van der Waals surface area (Å²) in [6.07, 6.45) is 4.62. The number of benzene rings is 2. The van der Waals surface area contributed by atoms with Gasteiger partial charge in [0.2, 0.25) is 5.91 Å². The van der Waals surface area contributed by atoms with E-state index in [-0.39, 0.29) is 18.4 Å². The van der Waals surface area contributed by atoms with E-state index in [1.807, 2.05) is 60.4 Å². The van der Waals surface area contributed by atoms with Crippen LogP contribution in [0.4, 0.5) is 15.8 Å². The molecule has 2 saturated heterocycles. The van der Waals surface area contributed by atoms with Crippen molar-refractivity contribution in [2.24, 2.45) is 11.8 Å². The van der Waals surface area contributed by atoms with Crippen molar-refractivity contribution in [1.29, 1.82) is 0 Å². The molecule has 0 radical (unpaired) electrons. The Hall–Kier alpha value is -3.63. The van der Waals surface area contributed by atoms with Crippen molar-refractivity contribution in [2.75, 3.05) is 23.0 Å². The molecule has 1 spiro atoms. The monoisotopic (exact) mass is 589 g/mol. The molecule has 2 aromatic carbocycles. The Labute approximate surface area is 251 Å². The number of piperidine rings is 1. The number of ether oxygens (including phenoxy) is 1. The van der Waals surface area contributed by atoms with Crippen molar-refractivity contribution in [1.82, 2.24) is 15.0 Å². The number of amides is 2. The first-order valence-corrected chi connectivity index (χ1v) is 15.3. The zero-order chi connectivity index (χ0) is 30.4. The number of nitrogens with zero attached hydrogens (tertiary/aromatic N) is 5. The molecule has 9 nitrogen and oxygen atoms in total. The maximum absolute atomic E-state index is 15.9. The fraction of sp³-hybridized carbons (Fsp3) is 0.515. The van der Waals surface area contributed by atoms with E-state index < -0.39 is 29.2 Å². The predicted molar refractivity (Wildman–Crippen MR) is 160 cm³/mol. The number of aryl methyl sites for hydroxylation is 1. The molecule has 43 heavy (non-hydrogen) atoms. The molecular weight excluding hydrogens is 549 g/mol. The minimum Gasteiger partial charge on any atom is -0.396 e. The van der Waals surface area contributed by atoms with Gasteiger partial charge in [-0.1, -0.05) is 42.5 Å². The fourth-order valence-corrected chi connectivity index (χ4v) is 7.41. The smallest absolute Gasteiger partial charge is 0.264 e. The van der Waals surface area contributed by atoms with Crippen LogP contribution in [0.25, 0.3) is 0 Å². The van der Waals surface area contributed by atoms with E-state index in [2.05, 4.69) is 10.3 Å². The van der Waals surface area contributed by atoms with Gasteiger partial charge in [-0.25, -0.2) is 4.39 Å². The van der Waals surface area contributed by atoms with Crippen molar-refractivity contribution >= 4 is 23.2 Å². The van der Waals surface area contributed by atoms with Crippen LogP contribution in [0.2, 0.25) is 0 Å². The van der Waals surface area contributed by atoms with Gasteiger partial charge in [0.25, 0.3) is 5.91 Å². The molecule has 0 unspecified atom stereocenters. The summed E-state index contributed by atoms with van der Waals surface area (Å²) in [7, 11) is 0. The number of aliphatic hydroxyl groups excluding tert-OH is 1. The van der Waals surface area contributed by atoms with Crippen LogP contribution in [-0.2, 0) is 39.4 Å². The van der Waals surface area contributed by atoms with Gasteiger partial charge < -0.3 is 19.6 Å². The molecule has 3 aliphatic rings. The summed E-state index contributed by atoms with van der Waals surface area (Å²) in [5, 5.41) is 17.4. The van der Waals surface area contributed by atoms with Gasteiger partial charge in [-0.15, -0.1) is 5.10 Å². The van der Waals surface area contributed by atoms with Crippen LogP contribution in [0, 0.1) is 11.8 Å². The third-order valence-electron chi connectivity index (χ3n) is 9.38. The number of anilines is 2. The van der Waals surface area contributed by atoms with Gasteiger partial charge in [-0.05, 0) is 56.9 Å². The highest BCUT2D eigenvalue weighted by molar-refractivity contribution is 6.07. The van der Waals surface area contributed by atoms with Gasteiger partial charge in [0, 0.05) is 61.8 Å². The normalized spacial score (nSPS) is 25.7. The van der Waals surface area contributed by atoms with Crippen LogP contribution in [-0.4, -0.2) is 56.8 Å². The van der Waals surface area contributed by atoms with E-state index in [1.165, 1.54) is 0 Å². The summed E-state index contributed by atoms with van der Waals surface area (Å²) >= 11 is 0. The zero-order valence-corrected chi connectivity index (χ0v) is 25.1. The number of carbonyl (C=O) groups excluding carboxylic acids is 2. The Balaban J connectivity index is 1.27. The molecular formula is C33H40FN5O4. The first-order valence-electron chi connectivity index (χ1n) is 15.3. The molecule has 0 aliphatic carbocycles. The third kappa shape index (κ3) is 5.25. The maximum atomic E-state index is 15.9. The first-order chi connectivity index (χ1) is 20.6. The van der Waals surface area contributed by atoms with Crippen molar-refractivity contribution in [3.63, 3.8) is 0 Å². The molecule has 1 N–H and O–H groups in total. The lowest BCUT2D eigenvalue weighted by Gasteiger charge is -2.32. The molecule has 0 saturated carbocycles. The van der Waals surface area contributed by atoms with Crippen molar-refractivity contribution in [3.05, 3.63) is 71.5 Å². The second-order valence-electron chi connectivity index (χ2n) is 12.6. The Morgan fingerprint density at radius 1 is 1.12 bits per heavy atom. The number of aliphatic hydroxyl groups is 1. The van der Waals surface area contributed by atoms with Crippen LogP contribution in [0.3, 0.4) is 0 Å². The number of aromatic nitrogens is 3. The van der Waals surface area contributed by atoms with Gasteiger partial charge in [0.05, 0.1) is 24.0 Å². The van der Waals surface area contributed by atoms with Crippen LogP contribution < -0.4 is 9.80 Å². The average Bonchev–Trinajstić information content (AvgIpc) is 3.63. The van der Waals surface area contributed by atoms with E-state index in [4.69, 9.17) is 4.74 Å². The Kier molecular flexibility index (Phi) is 7.85. The van der Waals surface area contributed by atoms with Gasteiger partial charge >= 0.3 is 0 Å². The summed E-state index contributed by atoms with van der Waals surface area (Å²) in [6.45, 7) is 6.56. The van der Waals surface area contributed by atoms with E-state index >= 15 is 4.39 Å². The minimum absolute atomic E-state index is 0.0110. The Morgan fingerprint density at radius 2 is 1.88 bits per heavy atom.